The van der Waals surface area contributed by atoms with Gasteiger partial charge in [-0.3, -0.25) is 10.2 Å². The zero-order valence-corrected chi connectivity index (χ0v) is 16.5. The molecule has 1 amide bonds. The van der Waals surface area contributed by atoms with Crippen molar-refractivity contribution in [2.24, 2.45) is 0 Å². The predicted molar refractivity (Wildman–Crippen MR) is 106 cm³/mol. The van der Waals surface area contributed by atoms with E-state index in [2.05, 4.69) is 29.0 Å². The molecule has 0 aliphatic heterocycles. The van der Waals surface area contributed by atoms with E-state index in [1.54, 1.807) is 24.3 Å². The summed E-state index contributed by atoms with van der Waals surface area (Å²) in [5.41, 5.74) is 5.97. The van der Waals surface area contributed by atoms with Crippen molar-refractivity contribution in [1.29, 1.82) is 0 Å². The third-order valence-corrected chi connectivity index (χ3v) is 6.18. The van der Waals surface area contributed by atoms with Crippen molar-refractivity contribution in [2.75, 3.05) is 18.0 Å². The van der Waals surface area contributed by atoms with Crippen LogP contribution in [-0.4, -0.2) is 27.4 Å². The summed E-state index contributed by atoms with van der Waals surface area (Å²) in [6.45, 7) is 5.89. The number of rotatable bonds is 7. The highest BCUT2D eigenvalue weighted by molar-refractivity contribution is 7.89. The van der Waals surface area contributed by atoms with Gasteiger partial charge in [-0.15, -0.1) is 4.83 Å². The highest BCUT2D eigenvalue weighted by Crippen LogP contribution is 2.24. The van der Waals surface area contributed by atoms with Crippen LogP contribution in [0.1, 0.15) is 41.8 Å². The Morgan fingerprint density at radius 1 is 1.00 bits per heavy atom. The third kappa shape index (κ3) is 4.31. The Morgan fingerprint density at radius 3 is 2.33 bits per heavy atom. The fourth-order valence-corrected chi connectivity index (χ4v) is 4.26. The standard InChI is InChI=1S/C20H25N3O3S/c1-3-23(4-2)18-11-8-16(9-12-18)20(24)21-22-27(25,26)19-13-10-15-6-5-7-17(15)14-19/h8-14,22H,3-7H2,1-2H3,(H,21,24). The normalized spacial score (nSPS) is 13.3. The van der Waals surface area contributed by atoms with E-state index in [0.717, 1.165) is 43.6 Å². The number of anilines is 1. The van der Waals surface area contributed by atoms with Crippen molar-refractivity contribution >= 4 is 21.6 Å². The number of benzene rings is 2. The molecule has 0 saturated carbocycles. The number of aryl methyl sites for hydroxylation is 2. The first-order valence-electron chi connectivity index (χ1n) is 9.23. The van der Waals surface area contributed by atoms with Crippen molar-refractivity contribution < 1.29 is 13.2 Å². The third-order valence-electron chi connectivity index (χ3n) is 4.94. The molecule has 0 heterocycles. The van der Waals surface area contributed by atoms with Gasteiger partial charge >= 0.3 is 0 Å². The Labute approximate surface area is 160 Å². The fraction of sp³-hybridized carbons (Fsp3) is 0.350. The summed E-state index contributed by atoms with van der Waals surface area (Å²) in [6.07, 6.45) is 2.93. The summed E-state index contributed by atoms with van der Waals surface area (Å²) in [6, 6.07) is 12.2. The summed E-state index contributed by atoms with van der Waals surface area (Å²) in [7, 11) is -3.80. The molecule has 0 bridgehead atoms. The fourth-order valence-electron chi connectivity index (χ4n) is 3.37. The molecule has 0 aromatic heterocycles. The summed E-state index contributed by atoms with van der Waals surface area (Å²) in [4.78, 5) is 16.8. The molecule has 1 aliphatic rings. The molecule has 144 valence electrons. The average Bonchev–Trinajstić information content (AvgIpc) is 3.15. The largest absolute Gasteiger partial charge is 0.372 e. The molecule has 2 aromatic carbocycles. The zero-order valence-electron chi connectivity index (χ0n) is 15.7. The van der Waals surface area contributed by atoms with E-state index in [1.165, 1.54) is 5.56 Å². The monoisotopic (exact) mass is 387 g/mol. The van der Waals surface area contributed by atoms with Crippen LogP contribution in [0.3, 0.4) is 0 Å². The molecule has 27 heavy (non-hydrogen) atoms. The molecule has 3 rings (SSSR count). The smallest absolute Gasteiger partial charge is 0.266 e. The van der Waals surface area contributed by atoms with Gasteiger partial charge in [0.2, 0.25) is 0 Å². The van der Waals surface area contributed by atoms with Crippen LogP contribution in [-0.2, 0) is 22.9 Å². The molecule has 7 heteroatoms. The van der Waals surface area contributed by atoms with E-state index < -0.39 is 15.9 Å². The van der Waals surface area contributed by atoms with Crippen LogP contribution in [0.4, 0.5) is 5.69 Å². The highest BCUT2D eigenvalue weighted by Gasteiger charge is 2.19. The lowest BCUT2D eigenvalue weighted by Crippen LogP contribution is -2.41. The molecule has 1 aliphatic carbocycles. The lowest BCUT2D eigenvalue weighted by Gasteiger charge is -2.21. The SMILES string of the molecule is CCN(CC)c1ccc(C(=O)NNS(=O)(=O)c2ccc3c(c2)CCC3)cc1. The summed E-state index contributed by atoms with van der Waals surface area (Å²) in [5, 5.41) is 0. The van der Waals surface area contributed by atoms with Crippen LogP contribution in [0, 0.1) is 0 Å². The van der Waals surface area contributed by atoms with E-state index >= 15 is 0 Å². The number of nitrogens with one attached hydrogen (secondary N) is 2. The number of carbonyl (C=O) groups is 1. The molecular weight excluding hydrogens is 362 g/mol. The number of hydrazine groups is 1. The van der Waals surface area contributed by atoms with Crippen LogP contribution in [0.15, 0.2) is 47.4 Å². The zero-order chi connectivity index (χ0) is 19.4. The topological polar surface area (TPSA) is 78.5 Å². The Bertz CT molecular complexity index is 920. The number of hydrogen-bond donors (Lipinski definition) is 2. The maximum Gasteiger partial charge on any atom is 0.266 e. The second-order valence-corrected chi connectivity index (χ2v) is 8.25. The van der Waals surface area contributed by atoms with Gasteiger partial charge in [0, 0.05) is 24.3 Å². The van der Waals surface area contributed by atoms with E-state index in [-0.39, 0.29) is 4.90 Å². The first-order chi connectivity index (χ1) is 12.9. The van der Waals surface area contributed by atoms with E-state index in [9.17, 15) is 13.2 Å². The number of sulfonamides is 1. The molecule has 0 spiro atoms. The first-order valence-corrected chi connectivity index (χ1v) is 10.7. The first kappa shape index (κ1) is 19.4. The minimum Gasteiger partial charge on any atom is -0.372 e. The number of nitrogens with zero attached hydrogens (tertiary/aromatic N) is 1. The van der Waals surface area contributed by atoms with Gasteiger partial charge in [-0.25, -0.2) is 8.42 Å². The lowest BCUT2D eigenvalue weighted by atomic mass is 10.1. The number of hydrogen-bond acceptors (Lipinski definition) is 4. The van der Waals surface area contributed by atoms with Crippen molar-refractivity contribution in [3.63, 3.8) is 0 Å². The quantitative estimate of drug-likeness (QED) is 0.716. The van der Waals surface area contributed by atoms with Crippen LogP contribution < -0.4 is 15.2 Å². The van der Waals surface area contributed by atoms with Gasteiger partial charge in [0.05, 0.1) is 4.90 Å². The molecule has 0 radical (unpaired) electrons. The summed E-state index contributed by atoms with van der Waals surface area (Å²) >= 11 is 0. The van der Waals surface area contributed by atoms with Crippen LogP contribution in [0.5, 0.6) is 0 Å². The Morgan fingerprint density at radius 2 is 1.67 bits per heavy atom. The maximum absolute atomic E-state index is 12.5. The van der Waals surface area contributed by atoms with Gasteiger partial charge < -0.3 is 4.90 Å². The number of carbonyl (C=O) groups excluding carboxylic acids is 1. The predicted octanol–water partition coefficient (Wildman–Crippen LogP) is 2.64. The summed E-state index contributed by atoms with van der Waals surface area (Å²) in [5.74, 6) is -0.495. The Hall–Kier alpha value is -2.38. The summed E-state index contributed by atoms with van der Waals surface area (Å²) < 4.78 is 24.9. The van der Waals surface area contributed by atoms with Gasteiger partial charge in [0.1, 0.15) is 0 Å². The van der Waals surface area contributed by atoms with E-state index in [0.29, 0.717) is 5.56 Å². The molecule has 0 atom stereocenters. The molecule has 2 N–H and O–H groups in total. The maximum atomic E-state index is 12.5. The van der Waals surface area contributed by atoms with Gasteiger partial charge in [0.25, 0.3) is 15.9 Å². The second kappa shape index (κ2) is 8.10. The van der Waals surface area contributed by atoms with Gasteiger partial charge in [-0.2, -0.15) is 0 Å². The van der Waals surface area contributed by atoms with Crippen LogP contribution in [0.2, 0.25) is 0 Å². The Balaban J connectivity index is 1.66. The van der Waals surface area contributed by atoms with E-state index in [1.807, 2.05) is 18.2 Å². The minimum absolute atomic E-state index is 0.167. The Kier molecular flexibility index (Phi) is 5.82. The number of fused-ring (bicyclic) bond motifs is 1. The van der Waals surface area contributed by atoms with Crippen molar-refractivity contribution in [1.82, 2.24) is 10.3 Å². The van der Waals surface area contributed by atoms with Gasteiger partial charge in [-0.05, 0) is 80.6 Å². The molecule has 0 saturated heterocycles. The average molecular weight is 388 g/mol. The van der Waals surface area contributed by atoms with Gasteiger partial charge in [0.15, 0.2) is 0 Å². The van der Waals surface area contributed by atoms with Crippen LogP contribution >= 0.6 is 0 Å². The molecule has 2 aromatic rings. The van der Waals surface area contributed by atoms with Crippen molar-refractivity contribution in [3.05, 3.63) is 59.2 Å². The highest BCUT2D eigenvalue weighted by atomic mass is 32.2. The second-order valence-electron chi connectivity index (χ2n) is 6.56. The minimum atomic E-state index is -3.80. The molecular formula is C20H25N3O3S. The molecule has 0 unspecified atom stereocenters. The lowest BCUT2D eigenvalue weighted by molar-refractivity contribution is 0.0945. The van der Waals surface area contributed by atoms with E-state index in [4.69, 9.17) is 0 Å². The van der Waals surface area contributed by atoms with Gasteiger partial charge in [-0.1, -0.05) is 6.07 Å². The van der Waals surface area contributed by atoms with Crippen LogP contribution in [0.25, 0.3) is 0 Å². The number of amides is 1. The van der Waals surface area contributed by atoms with Crippen molar-refractivity contribution in [2.45, 2.75) is 38.0 Å². The molecule has 0 fully saturated rings. The molecule has 6 nitrogen and oxygen atoms in total. The van der Waals surface area contributed by atoms with Crippen molar-refractivity contribution in [3.8, 4) is 0 Å².